The number of pyridine rings is 1. The van der Waals surface area contributed by atoms with Gasteiger partial charge in [0.05, 0.1) is 54.0 Å². The fourth-order valence-electron chi connectivity index (χ4n) is 11.7. The van der Waals surface area contributed by atoms with Crippen molar-refractivity contribution in [3.05, 3.63) is 45.7 Å². The van der Waals surface area contributed by atoms with Gasteiger partial charge in [-0.15, -0.1) is 0 Å². The van der Waals surface area contributed by atoms with E-state index in [4.69, 9.17) is 37.9 Å². The maximum atomic E-state index is 14.6. The van der Waals surface area contributed by atoms with Gasteiger partial charge in [-0.2, -0.15) is 0 Å². The van der Waals surface area contributed by atoms with Crippen LogP contribution in [0.15, 0.2) is 29.2 Å². The third kappa shape index (κ3) is 14.4. The predicted octanol–water partition coefficient (Wildman–Crippen LogP) is 3.81. The summed E-state index contributed by atoms with van der Waals surface area (Å²) in [4.78, 5) is 69.1. The van der Waals surface area contributed by atoms with Crippen molar-refractivity contribution in [3.8, 4) is 0 Å². The molecule has 4 heterocycles. The van der Waals surface area contributed by atoms with Gasteiger partial charge in [0.25, 0.3) is 0 Å². The van der Waals surface area contributed by atoms with Crippen LogP contribution in [0, 0.1) is 23.7 Å². The highest BCUT2D eigenvalue weighted by Crippen LogP contribution is 2.42. The molecule has 21 nitrogen and oxygen atoms in total. The Labute approximate surface area is 454 Å². The molecule has 0 aliphatic carbocycles. The van der Waals surface area contributed by atoms with Gasteiger partial charge in [-0.1, -0.05) is 33.8 Å². The van der Waals surface area contributed by atoms with Gasteiger partial charge in [-0.3, -0.25) is 23.9 Å². The smallest absolute Gasteiger partial charge is 0.341 e. The number of carboxylic acid groups (broad SMARTS) is 1. The van der Waals surface area contributed by atoms with Crippen LogP contribution in [0.1, 0.15) is 124 Å². The molecule has 436 valence electrons. The molecular formula is C56H90N4O17. The second kappa shape index (κ2) is 26.4. The van der Waals surface area contributed by atoms with Crippen molar-refractivity contribution in [1.82, 2.24) is 14.9 Å². The summed E-state index contributed by atoms with van der Waals surface area (Å²) in [5.41, 5.74) is -3.94. The highest BCUT2D eigenvalue weighted by atomic mass is 16.7. The number of carboxylic acids is 1. The second-order valence-electron chi connectivity index (χ2n) is 22.9. The van der Waals surface area contributed by atoms with Crippen LogP contribution >= 0.6 is 0 Å². The van der Waals surface area contributed by atoms with Crippen LogP contribution in [0.3, 0.4) is 0 Å². The first-order valence-corrected chi connectivity index (χ1v) is 27.2. The number of nitrogens with zero attached hydrogens (tertiary/aromatic N) is 3. The number of esters is 2. The first kappa shape index (κ1) is 63.7. The number of aryl methyl sites for hydroxylation is 1. The molecule has 0 saturated carbocycles. The molecule has 3 fully saturated rings. The lowest BCUT2D eigenvalue weighted by molar-refractivity contribution is -0.320. The van der Waals surface area contributed by atoms with Crippen LogP contribution in [0.2, 0.25) is 0 Å². The van der Waals surface area contributed by atoms with E-state index in [2.05, 4.69) is 5.32 Å². The summed E-state index contributed by atoms with van der Waals surface area (Å²) in [6, 6.07) is 5.10. The zero-order valence-electron chi connectivity index (χ0n) is 48.3. The minimum Gasteiger partial charge on any atom is -0.477 e. The van der Waals surface area contributed by atoms with E-state index in [1.165, 1.54) is 34.3 Å². The van der Waals surface area contributed by atoms with Gasteiger partial charge in [-0.25, -0.2) is 4.79 Å². The summed E-state index contributed by atoms with van der Waals surface area (Å²) >= 11 is 0. The molecule has 0 spiro atoms. The number of hydrogen-bond acceptors (Lipinski definition) is 19. The summed E-state index contributed by atoms with van der Waals surface area (Å²) in [5.74, 6) is -6.64. The monoisotopic (exact) mass is 1090 g/mol. The fraction of sp³-hybridized carbons (Fsp3) is 0.768. The van der Waals surface area contributed by atoms with E-state index >= 15 is 0 Å². The number of aliphatic hydroxyl groups excluding tert-OH is 2. The maximum absolute atomic E-state index is 14.6. The molecule has 5 N–H and O–H groups in total. The van der Waals surface area contributed by atoms with E-state index in [1.807, 2.05) is 38.9 Å². The molecule has 3 saturated heterocycles. The van der Waals surface area contributed by atoms with E-state index in [1.54, 1.807) is 77.5 Å². The fourth-order valence-corrected chi connectivity index (χ4v) is 11.7. The molecule has 1 aromatic carbocycles. The number of ketones is 1. The lowest BCUT2D eigenvalue weighted by Gasteiger charge is -2.50. The van der Waals surface area contributed by atoms with Crippen LogP contribution in [0.4, 0.5) is 0 Å². The van der Waals surface area contributed by atoms with Gasteiger partial charge >= 0.3 is 17.9 Å². The zero-order chi connectivity index (χ0) is 57.6. The molecule has 0 unspecified atom stereocenters. The van der Waals surface area contributed by atoms with Crippen LogP contribution in [0.5, 0.6) is 0 Å². The standard InChI is InChI=1S/C56H90N4O17/c1-17-41-56(10,69)48(65)32(4)44(62)30(2)27-54(8,70-15)49(77-53-46(64)40(58(11)12)25-31(3)72-53)33(5)47(34(6)52(68)74-41)76-43-28-55(9,71-16)50(35(7)73-43)75-42(61)22-24-57-23-18-19-36-20-21-39-37(26-36)45(63)38(51(66)67)29-60(39)59(13)14/h20-21,26,29-35,40-41,43,46-50,53,57,64-65,69H,17-19,22-25,27-28H2,1-16H3,(H,66,67)/t30-,31-,32-,33+,34-,35+,40+,41-,43+,46-,47+,48-,49-,50+,53+,54-,55-,56-/m1/s1. The largest absolute Gasteiger partial charge is 0.477 e. The molecule has 77 heavy (non-hydrogen) atoms. The Balaban J connectivity index is 1.35. The number of aromatic nitrogens is 1. The van der Waals surface area contributed by atoms with Crippen molar-refractivity contribution >= 4 is 34.6 Å². The Bertz CT molecular complexity index is 2400. The minimum absolute atomic E-state index is 0.0269. The van der Waals surface area contributed by atoms with Gasteiger partial charge < -0.3 is 73.5 Å². The number of carbonyl (C=O) groups is 4. The number of nitrogens with one attached hydrogen (secondary N) is 1. The van der Waals surface area contributed by atoms with Gasteiger partial charge in [0.15, 0.2) is 18.7 Å². The van der Waals surface area contributed by atoms with E-state index in [9.17, 15) is 44.4 Å². The van der Waals surface area contributed by atoms with E-state index in [0.29, 0.717) is 43.3 Å². The van der Waals surface area contributed by atoms with E-state index in [0.717, 1.165) is 5.56 Å². The third-order valence-electron chi connectivity index (χ3n) is 16.5. The van der Waals surface area contributed by atoms with Gasteiger partial charge in [0.1, 0.15) is 34.8 Å². The number of rotatable bonds is 18. The predicted molar refractivity (Wildman–Crippen MR) is 286 cm³/mol. The van der Waals surface area contributed by atoms with Crippen molar-refractivity contribution in [2.75, 3.05) is 60.5 Å². The quantitative estimate of drug-likeness (QED) is 0.105. The molecule has 18 atom stereocenters. The summed E-state index contributed by atoms with van der Waals surface area (Å²) in [7, 11) is 10.2. The SMILES string of the molecule is CC[C@H]1OC(=O)[C@H](C)[C@@H](O[C@H]2C[C@@](C)(OC)[C@@H](OC(=O)CCNCCCc3ccc4c(c3)c(=O)c(C(=O)O)cn4N(C)C)[C@H](C)O2)[C@H](C)[C@@H](O[C@@H]2O[C@H](C)C[C@H](N(C)C)[C@H]2O)[C@](C)(OC)C[C@@H](C)C(=O)[C@@H](C)[C@@H](O)[C@]1(C)O. The van der Waals surface area contributed by atoms with Crippen LogP contribution in [0.25, 0.3) is 10.9 Å². The summed E-state index contributed by atoms with van der Waals surface area (Å²) < 4.78 is 52.9. The number of hydrogen-bond donors (Lipinski definition) is 5. The van der Waals surface area contributed by atoms with Crippen LogP contribution < -0.4 is 15.8 Å². The van der Waals surface area contributed by atoms with E-state index in [-0.39, 0.29) is 49.2 Å². The van der Waals surface area contributed by atoms with Gasteiger partial charge in [0, 0.05) is 76.7 Å². The number of ether oxygens (including phenoxy) is 8. The molecule has 0 amide bonds. The molecule has 0 bridgehead atoms. The number of cyclic esters (lactones) is 1. The topological polar surface area (TPSA) is 264 Å². The summed E-state index contributed by atoms with van der Waals surface area (Å²) in [6.07, 6.45) is -7.02. The van der Waals surface area contributed by atoms with Gasteiger partial charge in [0.2, 0.25) is 5.43 Å². The number of likely N-dealkylation sites (N-methyl/N-ethyl adjacent to an activating group) is 1. The number of methoxy groups -OCH3 is 2. The lowest BCUT2D eigenvalue weighted by atomic mass is 9.74. The van der Waals surface area contributed by atoms with Crippen molar-refractivity contribution in [3.63, 3.8) is 0 Å². The molecule has 0 radical (unpaired) electrons. The van der Waals surface area contributed by atoms with Crippen molar-refractivity contribution in [2.24, 2.45) is 23.7 Å². The maximum Gasteiger partial charge on any atom is 0.341 e. The second-order valence-corrected chi connectivity index (χ2v) is 22.9. The van der Waals surface area contributed by atoms with Crippen LogP contribution in [-0.4, -0.2) is 193 Å². The number of aromatic carboxylic acids is 1. The average Bonchev–Trinajstić information content (AvgIpc) is 3.37. The Morgan fingerprint density at radius 1 is 0.883 bits per heavy atom. The summed E-state index contributed by atoms with van der Waals surface area (Å²) in [5, 5.41) is 50.2. The molecule has 3 aliphatic rings. The molecule has 1 aromatic heterocycles. The van der Waals surface area contributed by atoms with Crippen molar-refractivity contribution in [1.29, 1.82) is 0 Å². The minimum atomic E-state index is -2.03. The Morgan fingerprint density at radius 2 is 1.53 bits per heavy atom. The van der Waals surface area contributed by atoms with Crippen molar-refractivity contribution < 1.29 is 77.5 Å². The first-order chi connectivity index (χ1) is 36.0. The normalized spacial score (nSPS) is 36.8. The van der Waals surface area contributed by atoms with Crippen molar-refractivity contribution in [2.45, 2.75) is 198 Å². The Morgan fingerprint density at radius 3 is 2.13 bits per heavy atom. The number of carbonyl (C=O) groups excluding carboxylic acids is 3. The first-order valence-electron chi connectivity index (χ1n) is 27.2. The number of Topliss-reactive ketones (excluding diaryl/α,β-unsaturated/α-hetero) is 1. The Hall–Kier alpha value is -4.13. The molecular weight excluding hydrogens is 1000 g/mol. The summed E-state index contributed by atoms with van der Waals surface area (Å²) in [6.45, 7) is 17.8. The van der Waals surface area contributed by atoms with Gasteiger partial charge in [-0.05, 0) is 112 Å². The lowest BCUT2D eigenvalue weighted by Crippen LogP contribution is -2.61. The number of aliphatic hydroxyl groups is 3. The Kier molecular flexibility index (Phi) is 21.9. The highest BCUT2D eigenvalue weighted by Gasteiger charge is 2.55. The zero-order valence-corrected chi connectivity index (χ0v) is 48.3. The molecule has 2 aromatic rings. The highest BCUT2D eigenvalue weighted by molar-refractivity contribution is 5.93. The molecule has 3 aliphatic heterocycles. The third-order valence-corrected chi connectivity index (χ3v) is 16.5. The van der Waals surface area contributed by atoms with Crippen LogP contribution in [-0.2, 0) is 58.7 Å². The molecule has 5 rings (SSSR count). The molecule has 21 heteroatoms. The number of benzene rings is 1. The average molecular weight is 1090 g/mol. The van der Waals surface area contributed by atoms with E-state index < -0.39 is 119 Å². The number of fused-ring (bicyclic) bond motifs is 1.